The van der Waals surface area contributed by atoms with E-state index >= 15 is 0 Å². The Morgan fingerprint density at radius 2 is 1.95 bits per heavy atom. The van der Waals surface area contributed by atoms with E-state index in [1.807, 2.05) is 43.5 Å². The molecule has 1 aromatic heterocycles. The number of H-pyrrole nitrogens is 1. The molecule has 2 aromatic carbocycles. The Morgan fingerprint density at radius 1 is 1.14 bits per heavy atom. The van der Waals surface area contributed by atoms with Crippen LogP contribution in [0.2, 0.25) is 0 Å². The van der Waals surface area contributed by atoms with Gasteiger partial charge in [-0.2, -0.15) is 0 Å². The standard InChI is InChI=1S/C28H35N3O6/c1-4-37-26-16-22-19(13-25(26)35-3)14-27(32)31(28(33)30-9-11-36-12-10-30)24(22)8-5-18-17-29-23-7-6-20(34-2)15-21(18)23/h6-7,13,15-17,24,27,29,32H,4-5,8-12,14H2,1-3H3. The van der Waals surface area contributed by atoms with E-state index in [0.29, 0.717) is 63.7 Å². The molecule has 2 N–H and O–H groups in total. The number of aromatic amines is 1. The highest BCUT2D eigenvalue weighted by molar-refractivity contribution is 5.84. The fraction of sp³-hybridized carbons (Fsp3) is 0.464. The first-order chi connectivity index (χ1) is 18.0. The molecule has 1 fully saturated rings. The molecule has 0 radical (unpaired) electrons. The number of carbonyl (C=O) groups is 1. The fourth-order valence-electron chi connectivity index (χ4n) is 5.44. The average Bonchev–Trinajstić information content (AvgIpc) is 3.33. The second-order valence-corrected chi connectivity index (χ2v) is 9.39. The molecule has 1 saturated heterocycles. The predicted octanol–water partition coefficient (Wildman–Crippen LogP) is 3.89. The lowest BCUT2D eigenvalue weighted by atomic mass is 9.87. The number of methoxy groups -OCH3 is 2. The van der Waals surface area contributed by atoms with Gasteiger partial charge in [0, 0.05) is 36.6 Å². The Labute approximate surface area is 216 Å². The Hall–Kier alpha value is -3.43. The molecule has 3 aromatic rings. The summed E-state index contributed by atoms with van der Waals surface area (Å²) < 4.78 is 22.3. The van der Waals surface area contributed by atoms with E-state index < -0.39 is 6.23 Å². The van der Waals surface area contributed by atoms with E-state index in [9.17, 15) is 9.90 Å². The van der Waals surface area contributed by atoms with Gasteiger partial charge in [0.15, 0.2) is 11.5 Å². The van der Waals surface area contributed by atoms with Crippen molar-refractivity contribution in [1.82, 2.24) is 14.8 Å². The first kappa shape index (κ1) is 25.2. The number of aliphatic hydroxyl groups excluding tert-OH is 1. The number of aromatic nitrogens is 1. The molecular formula is C28H35N3O6. The summed E-state index contributed by atoms with van der Waals surface area (Å²) in [7, 11) is 3.27. The van der Waals surface area contributed by atoms with Crippen LogP contribution in [-0.2, 0) is 17.6 Å². The average molecular weight is 510 g/mol. The number of ether oxygens (including phenoxy) is 4. The molecule has 198 valence electrons. The van der Waals surface area contributed by atoms with Gasteiger partial charge >= 0.3 is 6.03 Å². The lowest BCUT2D eigenvalue weighted by Crippen LogP contribution is -2.55. The van der Waals surface area contributed by atoms with E-state index in [0.717, 1.165) is 33.3 Å². The molecule has 5 rings (SSSR count). The summed E-state index contributed by atoms with van der Waals surface area (Å²) in [6, 6.07) is 9.37. The molecule has 3 heterocycles. The number of nitrogens with zero attached hydrogens (tertiary/aromatic N) is 2. The van der Waals surface area contributed by atoms with Gasteiger partial charge in [-0.25, -0.2) is 4.79 Å². The van der Waals surface area contributed by atoms with Crippen molar-refractivity contribution in [2.75, 3.05) is 47.1 Å². The van der Waals surface area contributed by atoms with E-state index in [-0.39, 0.29) is 12.1 Å². The van der Waals surface area contributed by atoms with Crippen LogP contribution in [0.1, 0.15) is 36.1 Å². The first-order valence-electron chi connectivity index (χ1n) is 12.8. The van der Waals surface area contributed by atoms with Crippen LogP contribution in [-0.4, -0.2) is 79.3 Å². The van der Waals surface area contributed by atoms with Crippen molar-refractivity contribution >= 4 is 16.9 Å². The zero-order chi connectivity index (χ0) is 25.9. The lowest BCUT2D eigenvalue weighted by molar-refractivity contribution is -0.0292. The summed E-state index contributed by atoms with van der Waals surface area (Å²) in [4.78, 5) is 20.5. The summed E-state index contributed by atoms with van der Waals surface area (Å²) in [5.74, 6) is 2.06. The molecule has 9 heteroatoms. The number of urea groups is 1. The minimum absolute atomic E-state index is 0.166. The molecule has 37 heavy (non-hydrogen) atoms. The highest BCUT2D eigenvalue weighted by atomic mass is 16.5. The molecule has 2 aliphatic heterocycles. The number of hydrogen-bond donors (Lipinski definition) is 2. The van der Waals surface area contributed by atoms with Gasteiger partial charge in [-0.15, -0.1) is 0 Å². The molecule has 2 atom stereocenters. The largest absolute Gasteiger partial charge is 0.497 e. The zero-order valence-electron chi connectivity index (χ0n) is 21.7. The smallest absolute Gasteiger partial charge is 0.322 e. The van der Waals surface area contributed by atoms with Crippen molar-refractivity contribution < 1.29 is 28.8 Å². The SMILES string of the molecule is CCOc1cc2c(cc1OC)CC(O)N(C(=O)N1CCOCC1)C2CCc1c[nH]c2ccc(OC)cc12. The Kier molecular flexibility index (Phi) is 7.43. The topological polar surface area (TPSA) is 96.5 Å². The summed E-state index contributed by atoms with van der Waals surface area (Å²) >= 11 is 0. The lowest BCUT2D eigenvalue weighted by Gasteiger charge is -2.44. The summed E-state index contributed by atoms with van der Waals surface area (Å²) in [6.45, 7) is 4.45. The van der Waals surface area contributed by atoms with Crippen molar-refractivity contribution in [3.63, 3.8) is 0 Å². The maximum Gasteiger partial charge on any atom is 0.322 e. The number of aryl methyl sites for hydroxylation is 1. The number of morpholine rings is 1. The van der Waals surface area contributed by atoms with Crippen LogP contribution in [0.5, 0.6) is 17.2 Å². The second kappa shape index (κ2) is 10.9. The van der Waals surface area contributed by atoms with Crippen LogP contribution in [0.15, 0.2) is 36.5 Å². The highest BCUT2D eigenvalue weighted by Crippen LogP contribution is 2.42. The Morgan fingerprint density at radius 3 is 2.68 bits per heavy atom. The van der Waals surface area contributed by atoms with Gasteiger partial charge in [0.25, 0.3) is 0 Å². The molecule has 0 bridgehead atoms. The van der Waals surface area contributed by atoms with Crippen molar-refractivity contribution in [3.05, 3.63) is 53.2 Å². The van der Waals surface area contributed by atoms with Gasteiger partial charge in [-0.1, -0.05) is 0 Å². The van der Waals surface area contributed by atoms with Crippen molar-refractivity contribution in [2.45, 2.75) is 38.5 Å². The van der Waals surface area contributed by atoms with Gasteiger partial charge in [-0.3, -0.25) is 4.90 Å². The summed E-state index contributed by atoms with van der Waals surface area (Å²) in [5, 5.41) is 12.4. The third-order valence-electron chi connectivity index (χ3n) is 7.31. The number of hydrogen-bond acceptors (Lipinski definition) is 6. The number of fused-ring (bicyclic) bond motifs is 2. The van der Waals surface area contributed by atoms with Crippen LogP contribution in [0.3, 0.4) is 0 Å². The van der Waals surface area contributed by atoms with Crippen molar-refractivity contribution in [1.29, 1.82) is 0 Å². The van der Waals surface area contributed by atoms with Crippen LogP contribution >= 0.6 is 0 Å². The van der Waals surface area contributed by atoms with E-state index in [1.54, 1.807) is 24.0 Å². The number of aliphatic hydroxyl groups is 1. The van der Waals surface area contributed by atoms with Gasteiger partial charge in [-0.05, 0) is 66.8 Å². The number of benzene rings is 2. The normalized spacial score (nSPS) is 19.6. The first-order valence-corrected chi connectivity index (χ1v) is 12.8. The van der Waals surface area contributed by atoms with Gasteiger partial charge in [0.05, 0.1) is 40.1 Å². The quantitative estimate of drug-likeness (QED) is 0.502. The minimum Gasteiger partial charge on any atom is -0.497 e. The molecule has 0 saturated carbocycles. The van der Waals surface area contributed by atoms with E-state index in [2.05, 4.69) is 4.98 Å². The van der Waals surface area contributed by atoms with E-state index in [4.69, 9.17) is 18.9 Å². The van der Waals surface area contributed by atoms with Gasteiger partial charge < -0.3 is 33.9 Å². The minimum atomic E-state index is -0.946. The monoisotopic (exact) mass is 509 g/mol. The van der Waals surface area contributed by atoms with Crippen LogP contribution in [0.4, 0.5) is 4.79 Å². The number of nitrogens with one attached hydrogen (secondary N) is 1. The third kappa shape index (κ3) is 4.93. The van der Waals surface area contributed by atoms with Crippen molar-refractivity contribution in [3.8, 4) is 17.2 Å². The van der Waals surface area contributed by atoms with Crippen LogP contribution in [0, 0.1) is 0 Å². The molecule has 0 aliphatic carbocycles. The zero-order valence-corrected chi connectivity index (χ0v) is 21.7. The highest BCUT2D eigenvalue weighted by Gasteiger charge is 2.39. The molecule has 2 aliphatic rings. The van der Waals surface area contributed by atoms with Crippen LogP contribution < -0.4 is 14.2 Å². The fourth-order valence-corrected chi connectivity index (χ4v) is 5.44. The number of rotatable bonds is 7. The van der Waals surface area contributed by atoms with Gasteiger partial charge in [0.1, 0.15) is 12.0 Å². The molecule has 2 amide bonds. The summed E-state index contributed by atoms with van der Waals surface area (Å²) in [6.07, 6.45) is 2.72. The summed E-state index contributed by atoms with van der Waals surface area (Å²) in [5.41, 5.74) is 4.11. The van der Waals surface area contributed by atoms with Gasteiger partial charge in [0.2, 0.25) is 0 Å². The van der Waals surface area contributed by atoms with E-state index in [1.165, 1.54) is 0 Å². The maximum atomic E-state index is 13.7. The predicted molar refractivity (Wildman–Crippen MR) is 139 cm³/mol. The Balaban J connectivity index is 1.52. The Bertz CT molecular complexity index is 1250. The number of amides is 2. The molecule has 0 spiro atoms. The molecule has 9 nitrogen and oxygen atoms in total. The number of carbonyl (C=O) groups excluding carboxylic acids is 1. The van der Waals surface area contributed by atoms with Crippen LogP contribution in [0.25, 0.3) is 10.9 Å². The molecular weight excluding hydrogens is 474 g/mol. The molecule has 2 unspecified atom stereocenters. The second-order valence-electron chi connectivity index (χ2n) is 9.39. The third-order valence-corrected chi connectivity index (χ3v) is 7.31. The maximum absolute atomic E-state index is 13.7. The van der Waals surface area contributed by atoms with Crippen molar-refractivity contribution in [2.24, 2.45) is 0 Å².